The average molecular weight is 324 g/mol. The zero-order chi connectivity index (χ0) is 17.2. The van der Waals surface area contributed by atoms with Gasteiger partial charge in [0.1, 0.15) is 11.5 Å². The Hall–Kier alpha value is -2.29. The van der Waals surface area contributed by atoms with Gasteiger partial charge in [-0.15, -0.1) is 0 Å². The van der Waals surface area contributed by atoms with Crippen molar-refractivity contribution in [2.24, 2.45) is 11.3 Å². The topological polar surface area (TPSA) is 43.4 Å². The van der Waals surface area contributed by atoms with Crippen LogP contribution >= 0.6 is 0 Å². The van der Waals surface area contributed by atoms with E-state index in [0.717, 1.165) is 41.9 Å². The second-order valence-corrected chi connectivity index (χ2v) is 7.15. The Bertz CT molecular complexity index is 687. The fourth-order valence-corrected chi connectivity index (χ4v) is 3.18. The number of ketones is 1. The van der Waals surface area contributed by atoms with Gasteiger partial charge in [0, 0.05) is 11.1 Å². The minimum atomic E-state index is 0.103. The van der Waals surface area contributed by atoms with Crippen molar-refractivity contribution in [1.82, 2.24) is 0 Å². The van der Waals surface area contributed by atoms with E-state index >= 15 is 0 Å². The van der Waals surface area contributed by atoms with E-state index < -0.39 is 0 Å². The maximum Gasteiger partial charge on any atom is 0.185 e. The number of hydrogen-bond acceptors (Lipinski definition) is 3. The summed E-state index contributed by atoms with van der Waals surface area (Å²) in [5.41, 5.74) is 1.81. The minimum absolute atomic E-state index is 0.103. The third-order valence-corrected chi connectivity index (χ3v) is 5.25. The summed E-state index contributed by atoms with van der Waals surface area (Å²) in [6, 6.07) is 7.44. The van der Waals surface area contributed by atoms with Crippen molar-refractivity contribution in [1.29, 1.82) is 0 Å². The molecule has 0 aromatic carbocycles. The second-order valence-electron chi connectivity index (χ2n) is 7.15. The number of furan rings is 2. The Morgan fingerprint density at radius 2 is 1.54 bits per heavy atom. The third kappa shape index (κ3) is 3.45. The number of Topliss-reactive ketones (excluding diaryl/α,β-unsaturated/α-hetero) is 1. The van der Waals surface area contributed by atoms with Crippen molar-refractivity contribution in [3.63, 3.8) is 0 Å². The fourth-order valence-electron chi connectivity index (χ4n) is 3.18. The van der Waals surface area contributed by atoms with Crippen LogP contribution in [0.15, 0.2) is 56.8 Å². The maximum atomic E-state index is 12.9. The van der Waals surface area contributed by atoms with Gasteiger partial charge in [-0.1, -0.05) is 27.2 Å². The lowest BCUT2D eigenvalue weighted by atomic mass is 9.66. The average Bonchev–Trinajstić information content (AvgIpc) is 3.24. The van der Waals surface area contributed by atoms with Crippen LogP contribution in [0.5, 0.6) is 0 Å². The summed E-state index contributed by atoms with van der Waals surface area (Å²) in [6.45, 7) is 6.77. The van der Waals surface area contributed by atoms with Crippen LogP contribution in [0.3, 0.4) is 0 Å². The Kier molecular flexibility index (Phi) is 4.61. The summed E-state index contributed by atoms with van der Waals surface area (Å²) < 4.78 is 10.8. The highest BCUT2D eigenvalue weighted by atomic mass is 16.3. The van der Waals surface area contributed by atoms with Crippen molar-refractivity contribution in [2.75, 3.05) is 0 Å². The number of carbonyl (C=O) groups is 1. The molecule has 3 heteroatoms. The standard InChI is InChI=1S/C21H24O3/c1-4-21(2,3)17-11-15(13-18-7-5-9-23-18)20(22)16(12-17)14-19-8-6-10-24-19/h5-10,13-14,17H,4,11-12H2,1-3H3/b15-13+,16-14+. The van der Waals surface area contributed by atoms with Gasteiger partial charge in [0.25, 0.3) is 0 Å². The lowest BCUT2D eigenvalue weighted by Gasteiger charge is -2.37. The maximum absolute atomic E-state index is 12.9. The van der Waals surface area contributed by atoms with Crippen LogP contribution in [0, 0.1) is 11.3 Å². The lowest BCUT2D eigenvalue weighted by Crippen LogP contribution is -2.30. The molecule has 0 spiro atoms. The SMILES string of the molecule is CCC(C)(C)C1C/C(=C\c2ccco2)C(=O)/C(=C/c2ccco2)C1. The number of hydrogen-bond donors (Lipinski definition) is 0. The molecule has 1 saturated carbocycles. The Morgan fingerprint density at radius 1 is 1.04 bits per heavy atom. The van der Waals surface area contributed by atoms with Crippen molar-refractivity contribution >= 4 is 17.9 Å². The first-order valence-electron chi connectivity index (χ1n) is 8.52. The highest BCUT2D eigenvalue weighted by molar-refractivity contribution is 6.13. The van der Waals surface area contributed by atoms with Crippen LogP contribution in [0.4, 0.5) is 0 Å². The molecule has 3 rings (SSSR count). The van der Waals surface area contributed by atoms with Gasteiger partial charge in [-0.25, -0.2) is 0 Å². The van der Waals surface area contributed by atoms with E-state index in [-0.39, 0.29) is 11.2 Å². The molecule has 0 radical (unpaired) electrons. The molecule has 0 amide bonds. The lowest BCUT2D eigenvalue weighted by molar-refractivity contribution is -0.113. The summed E-state index contributed by atoms with van der Waals surface area (Å²) in [5.74, 6) is 1.98. The molecule has 0 bridgehead atoms. The van der Waals surface area contributed by atoms with Crippen LogP contribution in [0.25, 0.3) is 12.2 Å². The molecule has 24 heavy (non-hydrogen) atoms. The number of carbonyl (C=O) groups excluding carboxylic acids is 1. The van der Waals surface area contributed by atoms with Gasteiger partial charge >= 0.3 is 0 Å². The molecule has 0 unspecified atom stereocenters. The third-order valence-electron chi connectivity index (χ3n) is 5.25. The van der Waals surface area contributed by atoms with Gasteiger partial charge in [0.05, 0.1) is 12.5 Å². The molecule has 2 aromatic rings. The predicted octanol–water partition coefficient (Wildman–Crippen LogP) is 5.75. The van der Waals surface area contributed by atoms with E-state index in [2.05, 4.69) is 20.8 Å². The summed E-state index contributed by atoms with van der Waals surface area (Å²) in [7, 11) is 0. The van der Waals surface area contributed by atoms with Gasteiger partial charge in [-0.2, -0.15) is 0 Å². The van der Waals surface area contributed by atoms with Crippen LogP contribution in [0.2, 0.25) is 0 Å². The molecule has 0 atom stereocenters. The normalized spacial score (nSPS) is 22.5. The van der Waals surface area contributed by atoms with Crippen molar-refractivity contribution in [2.45, 2.75) is 40.0 Å². The zero-order valence-electron chi connectivity index (χ0n) is 14.5. The van der Waals surface area contributed by atoms with Crippen LogP contribution in [-0.2, 0) is 4.79 Å². The Labute approximate surface area is 143 Å². The van der Waals surface area contributed by atoms with E-state index in [1.807, 2.05) is 36.4 Å². The summed E-state index contributed by atoms with van der Waals surface area (Å²) >= 11 is 0. The molecule has 0 saturated heterocycles. The number of allylic oxidation sites excluding steroid dienone is 2. The molecule has 1 aliphatic carbocycles. The van der Waals surface area contributed by atoms with E-state index in [1.165, 1.54) is 0 Å². The molecular formula is C21H24O3. The van der Waals surface area contributed by atoms with Gasteiger partial charge < -0.3 is 8.83 Å². The second kappa shape index (κ2) is 6.68. The quantitative estimate of drug-likeness (QED) is 0.672. The van der Waals surface area contributed by atoms with Crippen molar-refractivity contribution < 1.29 is 13.6 Å². The van der Waals surface area contributed by atoms with Crippen LogP contribution in [-0.4, -0.2) is 5.78 Å². The first kappa shape index (κ1) is 16.6. The molecule has 1 aliphatic rings. The highest BCUT2D eigenvalue weighted by Crippen LogP contribution is 2.43. The molecule has 0 aliphatic heterocycles. The van der Waals surface area contributed by atoms with Crippen LogP contribution < -0.4 is 0 Å². The zero-order valence-corrected chi connectivity index (χ0v) is 14.5. The molecular weight excluding hydrogens is 300 g/mol. The minimum Gasteiger partial charge on any atom is -0.465 e. The highest BCUT2D eigenvalue weighted by Gasteiger charge is 2.36. The first-order valence-corrected chi connectivity index (χ1v) is 8.52. The summed E-state index contributed by atoms with van der Waals surface area (Å²) in [4.78, 5) is 12.9. The fraction of sp³-hybridized carbons (Fsp3) is 0.381. The molecule has 0 N–H and O–H groups in total. The summed E-state index contributed by atoms with van der Waals surface area (Å²) in [6.07, 6.45) is 9.69. The van der Waals surface area contributed by atoms with E-state index in [1.54, 1.807) is 12.5 Å². The van der Waals surface area contributed by atoms with Crippen LogP contribution in [0.1, 0.15) is 51.6 Å². The molecule has 2 heterocycles. The molecule has 126 valence electrons. The predicted molar refractivity (Wildman–Crippen MR) is 95.2 cm³/mol. The first-order chi connectivity index (χ1) is 11.5. The molecule has 3 nitrogen and oxygen atoms in total. The van der Waals surface area contributed by atoms with E-state index in [9.17, 15) is 4.79 Å². The largest absolute Gasteiger partial charge is 0.465 e. The van der Waals surface area contributed by atoms with Crippen molar-refractivity contribution in [3.8, 4) is 0 Å². The Morgan fingerprint density at radius 3 is 1.92 bits per heavy atom. The summed E-state index contributed by atoms with van der Waals surface area (Å²) in [5, 5.41) is 0. The molecule has 2 aromatic heterocycles. The van der Waals surface area contributed by atoms with Gasteiger partial charge in [0.15, 0.2) is 5.78 Å². The van der Waals surface area contributed by atoms with Gasteiger partial charge in [-0.05, 0) is 60.6 Å². The monoisotopic (exact) mass is 324 g/mol. The Balaban J connectivity index is 1.98. The number of rotatable bonds is 4. The van der Waals surface area contributed by atoms with E-state index in [4.69, 9.17) is 8.83 Å². The van der Waals surface area contributed by atoms with Gasteiger partial charge in [-0.3, -0.25) is 4.79 Å². The van der Waals surface area contributed by atoms with E-state index in [0.29, 0.717) is 5.92 Å². The smallest absolute Gasteiger partial charge is 0.185 e. The van der Waals surface area contributed by atoms with Crippen molar-refractivity contribution in [3.05, 3.63) is 59.5 Å². The van der Waals surface area contributed by atoms with Gasteiger partial charge in [0.2, 0.25) is 0 Å². The molecule has 1 fully saturated rings.